The summed E-state index contributed by atoms with van der Waals surface area (Å²) in [5, 5.41) is 0. The topological polar surface area (TPSA) is 17.1 Å². The van der Waals surface area contributed by atoms with Crippen LogP contribution in [-0.2, 0) is 16.6 Å². The second-order valence-corrected chi connectivity index (χ2v) is 4.81. The maximum absolute atomic E-state index is 11.0. The van der Waals surface area contributed by atoms with E-state index < -0.39 is 0 Å². The highest BCUT2D eigenvalue weighted by molar-refractivity contribution is 5.78. The number of ketones is 1. The van der Waals surface area contributed by atoms with E-state index in [1.165, 1.54) is 5.56 Å². The first-order chi connectivity index (χ1) is 6.95. The highest BCUT2D eigenvalue weighted by Gasteiger charge is 2.17. The molecule has 82 valence electrons. The fourth-order valence-corrected chi connectivity index (χ4v) is 1.57. The smallest absolute Gasteiger partial charge is 0.134 e. The number of hydrogen-bond acceptors (Lipinski definition) is 1. The molecule has 0 aliphatic heterocycles. The van der Waals surface area contributed by atoms with Gasteiger partial charge in [0.15, 0.2) is 0 Å². The SMILES string of the molecule is CCC(C)(C)c1ccc(CC(C)=O)cc1. The molecular formula is C14H20O. The minimum atomic E-state index is 0.220. The fourth-order valence-electron chi connectivity index (χ4n) is 1.57. The van der Waals surface area contributed by atoms with Gasteiger partial charge < -0.3 is 0 Å². The molecule has 1 aromatic carbocycles. The zero-order chi connectivity index (χ0) is 11.5. The minimum absolute atomic E-state index is 0.220. The molecule has 1 aromatic rings. The van der Waals surface area contributed by atoms with Crippen molar-refractivity contribution in [3.8, 4) is 0 Å². The Balaban J connectivity index is 2.85. The van der Waals surface area contributed by atoms with Gasteiger partial charge in [0.05, 0.1) is 0 Å². The van der Waals surface area contributed by atoms with Crippen LogP contribution >= 0.6 is 0 Å². The summed E-state index contributed by atoms with van der Waals surface area (Å²) in [4.78, 5) is 11.0. The molecule has 1 nitrogen and oxygen atoms in total. The van der Waals surface area contributed by atoms with E-state index in [0.717, 1.165) is 12.0 Å². The van der Waals surface area contributed by atoms with E-state index in [2.05, 4.69) is 45.0 Å². The highest BCUT2D eigenvalue weighted by Crippen LogP contribution is 2.26. The summed E-state index contributed by atoms with van der Waals surface area (Å²) < 4.78 is 0. The van der Waals surface area contributed by atoms with Crippen molar-refractivity contribution >= 4 is 5.78 Å². The van der Waals surface area contributed by atoms with Crippen molar-refractivity contribution in [3.05, 3.63) is 35.4 Å². The van der Waals surface area contributed by atoms with Gasteiger partial charge in [-0.2, -0.15) is 0 Å². The van der Waals surface area contributed by atoms with Crippen LogP contribution in [0.3, 0.4) is 0 Å². The fraction of sp³-hybridized carbons (Fsp3) is 0.500. The van der Waals surface area contributed by atoms with Gasteiger partial charge in [-0.3, -0.25) is 4.79 Å². The zero-order valence-corrected chi connectivity index (χ0v) is 10.1. The van der Waals surface area contributed by atoms with Gasteiger partial charge >= 0.3 is 0 Å². The lowest BCUT2D eigenvalue weighted by Crippen LogP contribution is -2.15. The first kappa shape index (κ1) is 12.0. The van der Waals surface area contributed by atoms with Crippen molar-refractivity contribution in [1.82, 2.24) is 0 Å². The molecule has 1 rings (SSSR count). The monoisotopic (exact) mass is 204 g/mol. The van der Waals surface area contributed by atoms with Gasteiger partial charge in [0.2, 0.25) is 0 Å². The molecular weight excluding hydrogens is 184 g/mol. The normalized spacial score (nSPS) is 11.5. The molecule has 0 aromatic heterocycles. The van der Waals surface area contributed by atoms with Gasteiger partial charge in [-0.05, 0) is 29.9 Å². The Hall–Kier alpha value is -1.11. The average molecular weight is 204 g/mol. The number of benzene rings is 1. The lowest BCUT2D eigenvalue weighted by molar-refractivity contribution is -0.116. The van der Waals surface area contributed by atoms with Crippen LogP contribution in [0, 0.1) is 0 Å². The molecule has 0 fully saturated rings. The van der Waals surface area contributed by atoms with Gasteiger partial charge in [-0.25, -0.2) is 0 Å². The van der Waals surface area contributed by atoms with E-state index in [0.29, 0.717) is 6.42 Å². The van der Waals surface area contributed by atoms with Crippen LogP contribution in [0.4, 0.5) is 0 Å². The summed E-state index contributed by atoms with van der Waals surface area (Å²) >= 11 is 0. The Bertz CT molecular complexity index is 333. The van der Waals surface area contributed by atoms with Gasteiger partial charge in [-0.15, -0.1) is 0 Å². The van der Waals surface area contributed by atoms with Crippen molar-refractivity contribution in [2.75, 3.05) is 0 Å². The molecule has 0 unspecified atom stereocenters. The molecule has 0 heterocycles. The largest absolute Gasteiger partial charge is 0.300 e. The average Bonchev–Trinajstić information content (AvgIpc) is 2.18. The van der Waals surface area contributed by atoms with Crippen molar-refractivity contribution in [3.63, 3.8) is 0 Å². The lowest BCUT2D eigenvalue weighted by atomic mass is 9.82. The van der Waals surface area contributed by atoms with Gasteiger partial charge in [0, 0.05) is 6.42 Å². The van der Waals surface area contributed by atoms with E-state index in [4.69, 9.17) is 0 Å². The van der Waals surface area contributed by atoms with Gasteiger partial charge in [-0.1, -0.05) is 45.0 Å². The van der Waals surface area contributed by atoms with Gasteiger partial charge in [0.1, 0.15) is 5.78 Å². The number of Topliss-reactive ketones (excluding diaryl/α,β-unsaturated/α-hetero) is 1. The molecule has 0 aliphatic rings. The van der Waals surface area contributed by atoms with Crippen LogP contribution in [0.5, 0.6) is 0 Å². The predicted octanol–water partition coefficient (Wildman–Crippen LogP) is 3.51. The molecule has 0 saturated carbocycles. The van der Waals surface area contributed by atoms with E-state index >= 15 is 0 Å². The summed E-state index contributed by atoms with van der Waals surface area (Å²) in [5.74, 6) is 0.220. The third kappa shape index (κ3) is 3.19. The minimum Gasteiger partial charge on any atom is -0.300 e. The number of hydrogen-bond donors (Lipinski definition) is 0. The Morgan fingerprint density at radius 1 is 1.20 bits per heavy atom. The quantitative estimate of drug-likeness (QED) is 0.733. The Kier molecular flexibility index (Phi) is 3.67. The lowest BCUT2D eigenvalue weighted by Gasteiger charge is -2.23. The first-order valence-electron chi connectivity index (χ1n) is 5.54. The highest BCUT2D eigenvalue weighted by atomic mass is 16.1. The van der Waals surface area contributed by atoms with Crippen LogP contribution in [0.1, 0.15) is 45.2 Å². The summed E-state index contributed by atoms with van der Waals surface area (Å²) in [5.41, 5.74) is 2.69. The number of carbonyl (C=O) groups is 1. The third-order valence-electron chi connectivity index (χ3n) is 3.07. The Morgan fingerprint density at radius 2 is 1.73 bits per heavy atom. The number of rotatable bonds is 4. The van der Waals surface area contributed by atoms with Gasteiger partial charge in [0.25, 0.3) is 0 Å². The summed E-state index contributed by atoms with van der Waals surface area (Å²) in [6.45, 7) is 8.31. The summed E-state index contributed by atoms with van der Waals surface area (Å²) in [6.07, 6.45) is 1.67. The molecule has 0 atom stereocenters. The molecule has 15 heavy (non-hydrogen) atoms. The number of carbonyl (C=O) groups excluding carboxylic acids is 1. The first-order valence-corrected chi connectivity index (χ1v) is 5.54. The van der Waals surface area contributed by atoms with Crippen LogP contribution in [0.15, 0.2) is 24.3 Å². The third-order valence-corrected chi connectivity index (χ3v) is 3.07. The van der Waals surface area contributed by atoms with Crippen molar-refractivity contribution in [1.29, 1.82) is 0 Å². The van der Waals surface area contributed by atoms with E-state index in [1.807, 2.05) is 0 Å². The van der Waals surface area contributed by atoms with E-state index in [-0.39, 0.29) is 11.2 Å². The molecule has 0 bridgehead atoms. The molecule has 0 radical (unpaired) electrons. The van der Waals surface area contributed by atoms with Crippen LogP contribution < -0.4 is 0 Å². The van der Waals surface area contributed by atoms with Crippen molar-refractivity contribution < 1.29 is 4.79 Å². The summed E-state index contributed by atoms with van der Waals surface area (Å²) in [6, 6.07) is 8.41. The molecule has 0 saturated heterocycles. The molecule has 0 spiro atoms. The zero-order valence-electron chi connectivity index (χ0n) is 10.1. The van der Waals surface area contributed by atoms with Crippen molar-refractivity contribution in [2.45, 2.75) is 46.0 Å². The molecule has 1 heteroatoms. The maximum atomic E-state index is 11.0. The maximum Gasteiger partial charge on any atom is 0.134 e. The molecule has 0 amide bonds. The molecule has 0 N–H and O–H groups in total. The Morgan fingerprint density at radius 3 is 2.13 bits per heavy atom. The Labute approximate surface area is 92.5 Å². The standard InChI is InChI=1S/C14H20O/c1-5-14(3,4)13-8-6-12(7-9-13)10-11(2)15/h6-9H,5,10H2,1-4H3. The van der Waals surface area contributed by atoms with Crippen LogP contribution in [-0.4, -0.2) is 5.78 Å². The second-order valence-electron chi connectivity index (χ2n) is 4.81. The second kappa shape index (κ2) is 4.61. The van der Waals surface area contributed by atoms with E-state index in [1.54, 1.807) is 6.92 Å². The summed E-state index contributed by atoms with van der Waals surface area (Å²) in [7, 11) is 0. The van der Waals surface area contributed by atoms with Crippen LogP contribution in [0.2, 0.25) is 0 Å². The van der Waals surface area contributed by atoms with E-state index in [9.17, 15) is 4.79 Å². The predicted molar refractivity (Wildman–Crippen MR) is 64.1 cm³/mol. The van der Waals surface area contributed by atoms with Crippen LogP contribution in [0.25, 0.3) is 0 Å². The van der Waals surface area contributed by atoms with Crippen molar-refractivity contribution in [2.24, 2.45) is 0 Å². The molecule has 0 aliphatic carbocycles.